The van der Waals surface area contributed by atoms with Gasteiger partial charge in [-0.15, -0.1) is 0 Å². The number of amides is 1. The molecule has 1 aromatic rings. The topological polar surface area (TPSA) is 38.1 Å². The lowest BCUT2D eigenvalue weighted by atomic mass is 10.1. The van der Waals surface area contributed by atoms with Crippen LogP contribution in [0.4, 0.5) is 0 Å². The first-order valence-electron chi connectivity index (χ1n) is 7.08. The third kappa shape index (κ3) is 3.19. The number of alkyl halides is 1. The molecule has 1 amide bonds. The summed E-state index contributed by atoms with van der Waals surface area (Å²) in [5.41, 5.74) is 1.66. The van der Waals surface area contributed by atoms with Gasteiger partial charge in [0.15, 0.2) is 0 Å². The molecule has 5 heteroatoms. The summed E-state index contributed by atoms with van der Waals surface area (Å²) in [6, 6.07) is 2.32. The number of hydrogen-bond acceptors (Lipinski definition) is 2. The van der Waals surface area contributed by atoms with Crippen LogP contribution in [-0.4, -0.2) is 38.5 Å². The lowest BCUT2D eigenvalue weighted by Gasteiger charge is -2.24. The Bertz CT molecular complexity index is 444. The third-order valence-electron chi connectivity index (χ3n) is 3.73. The van der Waals surface area contributed by atoms with Crippen LogP contribution >= 0.6 is 15.9 Å². The monoisotopic (exact) mass is 327 g/mol. The van der Waals surface area contributed by atoms with Gasteiger partial charge in [0.05, 0.1) is 5.69 Å². The Morgan fingerprint density at radius 2 is 2.37 bits per heavy atom. The predicted octanol–water partition coefficient (Wildman–Crippen LogP) is 2.99. The lowest BCUT2D eigenvalue weighted by molar-refractivity contribution is 0.0717. The summed E-state index contributed by atoms with van der Waals surface area (Å²) in [7, 11) is 0. The van der Waals surface area contributed by atoms with Crippen molar-refractivity contribution in [3.8, 4) is 0 Å². The van der Waals surface area contributed by atoms with Crippen molar-refractivity contribution in [3.63, 3.8) is 0 Å². The second kappa shape index (κ2) is 6.55. The number of aromatic nitrogens is 2. The molecule has 4 nitrogen and oxygen atoms in total. The smallest absolute Gasteiger partial charge is 0.272 e. The second-order valence-electron chi connectivity index (χ2n) is 5.11. The average molecular weight is 328 g/mol. The predicted molar refractivity (Wildman–Crippen MR) is 79.7 cm³/mol. The van der Waals surface area contributed by atoms with E-state index < -0.39 is 0 Å². The molecule has 0 aromatic carbocycles. The van der Waals surface area contributed by atoms with E-state index in [9.17, 15) is 4.79 Å². The summed E-state index contributed by atoms with van der Waals surface area (Å²) in [6.45, 7) is 5.60. The van der Waals surface area contributed by atoms with Crippen molar-refractivity contribution in [2.75, 3.05) is 11.9 Å². The van der Waals surface area contributed by atoms with Gasteiger partial charge in [-0.1, -0.05) is 15.9 Å². The molecule has 106 valence electrons. The Morgan fingerprint density at radius 3 is 3.05 bits per heavy atom. The maximum atomic E-state index is 12.7. The van der Waals surface area contributed by atoms with Crippen LogP contribution in [0, 0.1) is 6.92 Å². The number of likely N-dealkylation sites (tertiary alicyclic amines) is 1. The second-order valence-corrected chi connectivity index (χ2v) is 5.91. The SMILES string of the molecule is CCn1nc(C)cc1C(=O)N1CCCC1CCCBr. The van der Waals surface area contributed by atoms with Crippen LogP contribution in [0.15, 0.2) is 6.07 Å². The van der Waals surface area contributed by atoms with Crippen LogP contribution in [0.2, 0.25) is 0 Å². The van der Waals surface area contributed by atoms with Gasteiger partial charge < -0.3 is 4.90 Å². The quantitative estimate of drug-likeness (QED) is 0.780. The fourth-order valence-electron chi connectivity index (χ4n) is 2.82. The van der Waals surface area contributed by atoms with Gasteiger partial charge in [0.25, 0.3) is 5.91 Å². The molecule has 1 aromatic heterocycles. The number of nitrogens with zero attached hydrogens (tertiary/aromatic N) is 3. The minimum Gasteiger partial charge on any atom is -0.334 e. The highest BCUT2D eigenvalue weighted by Crippen LogP contribution is 2.24. The summed E-state index contributed by atoms with van der Waals surface area (Å²) < 4.78 is 1.82. The number of halogens is 1. The molecule has 0 spiro atoms. The summed E-state index contributed by atoms with van der Waals surface area (Å²) in [4.78, 5) is 14.7. The van der Waals surface area contributed by atoms with Crippen LogP contribution in [-0.2, 0) is 6.54 Å². The molecule has 0 saturated carbocycles. The minimum atomic E-state index is 0.152. The molecule has 1 aliphatic rings. The van der Waals surface area contributed by atoms with Crippen molar-refractivity contribution in [1.82, 2.24) is 14.7 Å². The first kappa shape index (κ1) is 14.6. The van der Waals surface area contributed by atoms with Crippen molar-refractivity contribution in [3.05, 3.63) is 17.5 Å². The normalized spacial score (nSPS) is 19.1. The fraction of sp³-hybridized carbons (Fsp3) is 0.714. The minimum absolute atomic E-state index is 0.152. The van der Waals surface area contributed by atoms with Gasteiger partial charge in [-0.2, -0.15) is 5.10 Å². The molecule has 0 radical (unpaired) electrons. The van der Waals surface area contributed by atoms with E-state index in [1.54, 1.807) is 0 Å². The summed E-state index contributed by atoms with van der Waals surface area (Å²) in [5, 5.41) is 5.38. The van der Waals surface area contributed by atoms with Crippen LogP contribution in [0.5, 0.6) is 0 Å². The van der Waals surface area contributed by atoms with Crippen LogP contribution < -0.4 is 0 Å². The van der Waals surface area contributed by atoms with Gasteiger partial charge in [-0.25, -0.2) is 0 Å². The van der Waals surface area contributed by atoms with Crippen molar-refractivity contribution in [2.24, 2.45) is 0 Å². The Hall–Kier alpha value is -0.840. The highest BCUT2D eigenvalue weighted by atomic mass is 79.9. The van der Waals surface area contributed by atoms with E-state index in [-0.39, 0.29) is 5.91 Å². The maximum Gasteiger partial charge on any atom is 0.272 e. The molecule has 1 saturated heterocycles. The molecule has 0 N–H and O–H groups in total. The number of aryl methyl sites for hydroxylation is 2. The van der Waals surface area contributed by atoms with Crippen molar-refractivity contribution >= 4 is 21.8 Å². The largest absolute Gasteiger partial charge is 0.334 e. The van der Waals surface area contributed by atoms with Crippen molar-refractivity contribution in [1.29, 1.82) is 0 Å². The molecule has 0 bridgehead atoms. The molecule has 2 heterocycles. The van der Waals surface area contributed by atoms with Crippen molar-refractivity contribution in [2.45, 2.75) is 52.1 Å². The average Bonchev–Trinajstić information content (AvgIpc) is 3.01. The zero-order valence-electron chi connectivity index (χ0n) is 11.7. The van der Waals surface area contributed by atoms with E-state index in [2.05, 4.69) is 21.0 Å². The number of carbonyl (C=O) groups is 1. The van der Waals surface area contributed by atoms with E-state index in [0.717, 1.165) is 55.5 Å². The number of rotatable bonds is 5. The molecule has 1 aliphatic heterocycles. The van der Waals surface area contributed by atoms with Gasteiger partial charge >= 0.3 is 0 Å². The molecule has 1 unspecified atom stereocenters. The highest BCUT2D eigenvalue weighted by molar-refractivity contribution is 9.09. The first-order chi connectivity index (χ1) is 9.17. The van der Waals surface area contributed by atoms with Crippen LogP contribution in [0.25, 0.3) is 0 Å². The number of hydrogen-bond donors (Lipinski definition) is 0. The molecular formula is C14H22BrN3O. The standard InChI is InChI=1S/C14H22BrN3O/c1-3-18-13(10-11(2)16-18)14(19)17-9-5-7-12(17)6-4-8-15/h10,12H,3-9H2,1-2H3. The molecule has 2 rings (SSSR count). The molecule has 1 atom stereocenters. The van der Waals surface area contributed by atoms with E-state index in [1.165, 1.54) is 0 Å². The lowest BCUT2D eigenvalue weighted by Crippen LogP contribution is -2.36. The van der Waals surface area contributed by atoms with Gasteiger partial charge in [-0.3, -0.25) is 9.48 Å². The van der Waals surface area contributed by atoms with Gasteiger partial charge in [0.1, 0.15) is 5.69 Å². The summed E-state index contributed by atoms with van der Waals surface area (Å²) in [6.07, 6.45) is 4.48. The molecular weight excluding hydrogens is 306 g/mol. The molecule has 0 aliphatic carbocycles. The molecule has 19 heavy (non-hydrogen) atoms. The molecule has 1 fully saturated rings. The Kier molecular flexibility index (Phi) is 5.02. The Balaban J connectivity index is 2.13. The van der Waals surface area contributed by atoms with E-state index >= 15 is 0 Å². The Morgan fingerprint density at radius 1 is 1.58 bits per heavy atom. The van der Waals surface area contributed by atoms with Crippen LogP contribution in [0.1, 0.15) is 48.8 Å². The first-order valence-corrected chi connectivity index (χ1v) is 8.21. The van der Waals surface area contributed by atoms with E-state index in [0.29, 0.717) is 6.04 Å². The summed E-state index contributed by atoms with van der Waals surface area (Å²) in [5.74, 6) is 0.152. The third-order valence-corrected chi connectivity index (χ3v) is 4.29. The van der Waals surface area contributed by atoms with Gasteiger partial charge in [0.2, 0.25) is 0 Å². The van der Waals surface area contributed by atoms with E-state index in [4.69, 9.17) is 0 Å². The van der Waals surface area contributed by atoms with Gasteiger partial charge in [-0.05, 0) is 45.6 Å². The zero-order valence-corrected chi connectivity index (χ0v) is 13.3. The Labute approximate surface area is 123 Å². The number of carbonyl (C=O) groups excluding carboxylic acids is 1. The van der Waals surface area contributed by atoms with Crippen LogP contribution in [0.3, 0.4) is 0 Å². The highest BCUT2D eigenvalue weighted by Gasteiger charge is 2.30. The fourth-order valence-corrected chi connectivity index (χ4v) is 3.15. The maximum absolute atomic E-state index is 12.7. The van der Waals surface area contributed by atoms with Crippen molar-refractivity contribution < 1.29 is 4.79 Å². The summed E-state index contributed by atoms with van der Waals surface area (Å²) >= 11 is 3.47. The van der Waals surface area contributed by atoms with Gasteiger partial charge in [0, 0.05) is 24.5 Å². The zero-order chi connectivity index (χ0) is 13.8. The van der Waals surface area contributed by atoms with E-state index in [1.807, 2.05) is 29.5 Å².